The fraction of sp³-hybridized carbons (Fsp3) is 0.333. The van der Waals surface area contributed by atoms with Crippen molar-refractivity contribution >= 4 is 12.6 Å². The van der Waals surface area contributed by atoms with E-state index >= 15 is 0 Å². The van der Waals surface area contributed by atoms with Gasteiger partial charge in [0.05, 0.1) is 6.61 Å². The lowest BCUT2D eigenvalue weighted by Crippen LogP contribution is -1.97. The molecule has 1 aromatic rings. The molecule has 0 spiro atoms. The Labute approximate surface area is 72.8 Å². The monoisotopic (exact) mass is 168 g/mol. The lowest BCUT2D eigenvalue weighted by Gasteiger charge is -2.03. The molecule has 0 N–H and O–H groups in total. The van der Waals surface area contributed by atoms with Crippen LogP contribution in [0.5, 0.6) is 5.75 Å². The van der Waals surface area contributed by atoms with Gasteiger partial charge in [-0.1, -0.05) is 12.1 Å². The first kappa shape index (κ1) is 8.47. The van der Waals surface area contributed by atoms with Crippen LogP contribution < -0.4 is 4.74 Å². The van der Waals surface area contributed by atoms with Gasteiger partial charge in [0, 0.05) is 5.75 Å². The topological polar surface area (TPSA) is 9.23 Å². The Morgan fingerprint density at radius 1 is 1.45 bits per heavy atom. The van der Waals surface area contributed by atoms with Crippen molar-refractivity contribution in [3.63, 3.8) is 0 Å². The number of rotatable bonds is 3. The summed E-state index contributed by atoms with van der Waals surface area (Å²) in [5.74, 6) is 1.69. The first-order chi connectivity index (χ1) is 5.33. The average Bonchev–Trinajstić information content (AvgIpc) is 2.01. The minimum Gasteiger partial charge on any atom is -0.493 e. The Balaban J connectivity index is 2.56. The zero-order valence-corrected chi connectivity index (χ0v) is 7.47. The number of thiol groups is 1. The van der Waals surface area contributed by atoms with E-state index in [1.165, 1.54) is 5.56 Å². The van der Waals surface area contributed by atoms with E-state index in [2.05, 4.69) is 12.6 Å². The highest BCUT2D eigenvalue weighted by atomic mass is 32.1. The summed E-state index contributed by atoms with van der Waals surface area (Å²) in [6, 6.07) is 8.01. The molecule has 0 saturated heterocycles. The zero-order valence-electron chi connectivity index (χ0n) is 6.58. The van der Waals surface area contributed by atoms with Gasteiger partial charge in [-0.2, -0.15) is 12.6 Å². The number of ether oxygens (including phenoxy) is 1. The SMILES string of the molecule is Cc1cccc(OCCS)c1. The van der Waals surface area contributed by atoms with Crippen molar-refractivity contribution in [2.24, 2.45) is 0 Å². The van der Waals surface area contributed by atoms with Gasteiger partial charge < -0.3 is 4.74 Å². The molecule has 1 aromatic carbocycles. The van der Waals surface area contributed by atoms with Gasteiger partial charge >= 0.3 is 0 Å². The molecule has 0 aliphatic rings. The van der Waals surface area contributed by atoms with Crippen LogP contribution in [0.4, 0.5) is 0 Å². The Morgan fingerprint density at radius 3 is 2.91 bits per heavy atom. The van der Waals surface area contributed by atoms with Crippen molar-refractivity contribution in [2.75, 3.05) is 12.4 Å². The fourth-order valence-corrected chi connectivity index (χ4v) is 0.960. The molecule has 0 amide bonds. The molecule has 0 saturated carbocycles. The predicted molar refractivity (Wildman–Crippen MR) is 50.5 cm³/mol. The molecular weight excluding hydrogens is 156 g/mol. The summed E-state index contributed by atoms with van der Waals surface area (Å²) in [4.78, 5) is 0. The molecule has 11 heavy (non-hydrogen) atoms. The van der Waals surface area contributed by atoms with Gasteiger partial charge in [-0.05, 0) is 24.6 Å². The third-order valence-corrected chi connectivity index (χ3v) is 1.53. The van der Waals surface area contributed by atoms with Crippen LogP contribution >= 0.6 is 12.6 Å². The molecule has 2 heteroatoms. The van der Waals surface area contributed by atoms with E-state index < -0.39 is 0 Å². The van der Waals surface area contributed by atoms with Crippen molar-refractivity contribution in [3.8, 4) is 5.75 Å². The molecule has 60 valence electrons. The van der Waals surface area contributed by atoms with E-state index in [9.17, 15) is 0 Å². The van der Waals surface area contributed by atoms with Crippen LogP contribution in [-0.4, -0.2) is 12.4 Å². The van der Waals surface area contributed by atoms with Crippen molar-refractivity contribution < 1.29 is 4.74 Å². The van der Waals surface area contributed by atoms with Crippen LogP contribution in [0, 0.1) is 6.92 Å². The smallest absolute Gasteiger partial charge is 0.119 e. The van der Waals surface area contributed by atoms with E-state index in [4.69, 9.17) is 4.74 Å². The van der Waals surface area contributed by atoms with E-state index in [-0.39, 0.29) is 0 Å². The number of aryl methyl sites for hydroxylation is 1. The van der Waals surface area contributed by atoms with Crippen molar-refractivity contribution in [2.45, 2.75) is 6.92 Å². The molecule has 0 unspecified atom stereocenters. The highest BCUT2D eigenvalue weighted by molar-refractivity contribution is 7.80. The summed E-state index contributed by atoms with van der Waals surface area (Å²) >= 11 is 4.05. The molecule has 0 aromatic heterocycles. The first-order valence-corrected chi connectivity index (χ1v) is 4.26. The van der Waals surface area contributed by atoms with Crippen molar-refractivity contribution in [3.05, 3.63) is 29.8 Å². The van der Waals surface area contributed by atoms with Crippen LogP contribution in [-0.2, 0) is 0 Å². The molecule has 0 atom stereocenters. The van der Waals surface area contributed by atoms with Gasteiger partial charge in [-0.3, -0.25) is 0 Å². The number of hydrogen-bond donors (Lipinski definition) is 1. The highest BCUT2D eigenvalue weighted by Crippen LogP contribution is 2.11. The molecule has 0 radical (unpaired) electrons. The van der Waals surface area contributed by atoms with E-state index in [1.54, 1.807) is 0 Å². The Morgan fingerprint density at radius 2 is 2.27 bits per heavy atom. The third kappa shape index (κ3) is 2.85. The average molecular weight is 168 g/mol. The summed E-state index contributed by atoms with van der Waals surface area (Å²) in [6.07, 6.45) is 0. The van der Waals surface area contributed by atoms with Gasteiger partial charge in [0.25, 0.3) is 0 Å². The minimum absolute atomic E-state index is 0.673. The quantitative estimate of drug-likeness (QED) is 0.681. The van der Waals surface area contributed by atoms with Gasteiger partial charge in [0.2, 0.25) is 0 Å². The molecule has 1 nitrogen and oxygen atoms in total. The molecule has 0 aliphatic carbocycles. The summed E-state index contributed by atoms with van der Waals surface area (Å²) in [5.41, 5.74) is 1.22. The zero-order chi connectivity index (χ0) is 8.10. The number of benzene rings is 1. The van der Waals surface area contributed by atoms with E-state index in [1.807, 2.05) is 31.2 Å². The van der Waals surface area contributed by atoms with Crippen molar-refractivity contribution in [1.29, 1.82) is 0 Å². The minimum atomic E-state index is 0.673. The third-order valence-electron chi connectivity index (χ3n) is 1.35. The molecule has 0 fully saturated rings. The van der Waals surface area contributed by atoms with Gasteiger partial charge in [0.1, 0.15) is 5.75 Å². The van der Waals surface area contributed by atoms with Gasteiger partial charge in [-0.25, -0.2) is 0 Å². The molecule has 1 rings (SSSR count). The molecule has 0 bridgehead atoms. The van der Waals surface area contributed by atoms with E-state index in [0.717, 1.165) is 11.5 Å². The van der Waals surface area contributed by atoms with Crippen molar-refractivity contribution in [1.82, 2.24) is 0 Å². The summed E-state index contributed by atoms with van der Waals surface area (Å²) < 4.78 is 5.36. The lowest BCUT2D eigenvalue weighted by atomic mass is 10.2. The number of hydrogen-bond acceptors (Lipinski definition) is 2. The fourth-order valence-electron chi connectivity index (χ4n) is 0.869. The lowest BCUT2D eigenvalue weighted by molar-refractivity contribution is 0.344. The standard InChI is InChI=1S/C9H12OS/c1-8-3-2-4-9(7-8)10-5-6-11/h2-4,7,11H,5-6H2,1H3. The summed E-state index contributed by atoms with van der Waals surface area (Å²) in [5, 5.41) is 0. The normalized spacial score (nSPS) is 9.64. The second kappa shape index (κ2) is 4.29. The van der Waals surface area contributed by atoms with Crippen LogP contribution in [0.1, 0.15) is 5.56 Å². The molecule has 0 aliphatic heterocycles. The van der Waals surface area contributed by atoms with Gasteiger partial charge in [0.15, 0.2) is 0 Å². The van der Waals surface area contributed by atoms with Crippen LogP contribution in [0.15, 0.2) is 24.3 Å². The summed E-state index contributed by atoms with van der Waals surface area (Å²) in [7, 11) is 0. The largest absolute Gasteiger partial charge is 0.493 e. The Hall–Kier alpha value is -0.630. The Kier molecular flexibility index (Phi) is 3.30. The molecule has 0 heterocycles. The maximum Gasteiger partial charge on any atom is 0.119 e. The first-order valence-electron chi connectivity index (χ1n) is 3.63. The second-order valence-electron chi connectivity index (χ2n) is 2.39. The predicted octanol–water partition coefficient (Wildman–Crippen LogP) is 2.30. The second-order valence-corrected chi connectivity index (χ2v) is 2.84. The molecular formula is C9H12OS. The van der Waals surface area contributed by atoms with E-state index in [0.29, 0.717) is 6.61 Å². The maximum absolute atomic E-state index is 5.36. The van der Waals surface area contributed by atoms with Crippen LogP contribution in [0.2, 0.25) is 0 Å². The van der Waals surface area contributed by atoms with Gasteiger partial charge in [-0.15, -0.1) is 0 Å². The highest BCUT2D eigenvalue weighted by Gasteiger charge is 1.90. The van der Waals surface area contributed by atoms with Crippen LogP contribution in [0.25, 0.3) is 0 Å². The Bertz CT molecular complexity index is 223. The van der Waals surface area contributed by atoms with Crippen LogP contribution in [0.3, 0.4) is 0 Å². The maximum atomic E-state index is 5.36. The summed E-state index contributed by atoms with van der Waals surface area (Å²) in [6.45, 7) is 2.72.